The number of nitrogens with one attached hydrogen (secondary N) is 2. The van der Waals surface area contributed by atoms with Gasteiger partial charge in [-0.25, -0.2) is 4.79 Å². The molecule has 1 aliphatic rings. The maximum Gasteiger partial charge on any atom is 0.408 e. The maximum atomic E-state index is 14.1. The molecule has 1 fully saturated rings. The molecular formula is C29H38N4O6. The van der Waals surface area contributed by atoms with Crippen molar-refractivity contribution in [2.45, 2.75) is 77.2 Å². The van der Waals surface area contributed by atoms with Crippen molar-refractivity contribution in [1.82, 2.24) is 15.5 Å². The van der Waals surface area contributed by atoms with Crippen molar-refractivity contribution in [2.24, 2.45) is 11.7 Å². The van der Waals surface area contributed by atoms with E-state index in [0.29, 0.717) is 12.0 Å². The quantitative estimate of drug-likeness (QED) is 0.345. The Morgan fingerprint density at radius 1 is 1.08 bits per heavy atom. The third kappa shape index (κ3) is 8.73. The lowest BCUT2D eigenvalue weighted by Gasteiger charge is -2.35. The Kier molecular flexibility index (Phi) is 9.56. The largest absolute Gasteiger partial charge is 0.508 e. The Hall–Kier alpha value is -4.08. The van der Waals surface area contributed by atoms with Gasteiger partial charge in [0, 0.05) is 19.0 Å². The predicted octanol–water partition coefficient (Wildman–Crippen LogP) is 3.15. The highest BCUT2D eigenvalue weighted by Gasteiger charge is 2.48. The summed E-state index contributed by atoms with van der Waals surface area (Å²) in [5.74, 6) is -1.42. The Balaban J connectivity index is 1.96. The van der Waals surface area contributed by atoms with E-state index in [4.69, 9.17) is 10.5 Å². The number of hydrogen-bond donors (Lipinski definition) is 4. The summed E-state index contributed by atoms with van der Waals surface area (Å²) in [5, 5.41) is 15.4. The third-order valence-corrected chi connectivity index (χ3v) is 6.39. The van der Waals surface area contributed by atoms with Gasteiger partial charge in [-0.15, -0.1) is 0 Å². The second-order valence-corrected chi connectivity index (χ2v) is 10.9. The topological polar surface area (TPSA) is 151 Å². The zero-order valence-corrected chi connectivity index (χ0v) is 22.8. The van der Waals surface area contributed by atoms with Crippen LogP contribution < -0.4 is 16.4 Å². The van der Waals surface area contributed by atoms with Gasteiger partial charge in [0.2, 0.25) is 17.7 Å². The lowest BCUT2D eigenvalue weighted by Crippen LogP contribution is -2.54. The average Bonchev–Trinajstić information content (AvgIpc) is 3.59. The molecule has 39 heavy (non-hydrogen) atoms. The first-order valence-corrected chi connectivity index (χ1v) is 13.1. The van der Waals surface area contributed by atoms with Crippen molar-refractivity contribution in [3.63, 3.8) is 0 Å². The number of benzene rings is 2. The van der Waals surface area contributed by atoms with Gasteiger partial charge in [0.1, 0.15) is 23.4 Å². The minimum atomic E-state index is -1.15. The van der Waals surface area contributed by atoms with E-state index in [1.165, 1.54) is 17.0 Å². The summed E-state index contributed by atoms with van der Waals surface area (Å²) in [6.07, 6.45) is -0.353. The fourth-order valence-corrected chi connectivity index (χ4v) is 4.32. The Morgan fingerprint density at radius 3 is 2.23 bits per heavy atom. The lowest BCUT2D eigenvalue weighted by molar-refractivity contribution is -0.143. The monoisotopic (exact) mass is 538 g/mol. The fourth-order valence-electron chi connectivity index (χ4n) is 4.32. The van der Waals surface area contributed by atoms with E-state index in [1.54, 1.807) is 32.9 Å². The number of alkyl carbamates (subject to hydrolysis) is 1. The van der Waals surface area contributed by atoms with Crippen LogP contribution in [0, 0.1) is 5.92 Å². The van der Waals surface area contributed by atoms with Crippen molar-refractivity contribution in [3.8, 4) is 5.75 Å². The summed E-state index contributed by atoms with van der Waals surface area (Å²) >= 11 is 0. The van der Waals surface area contributed by atoms with E-state index >= 15 is 0 Å². The SMILES string of the molecule is CC1CC1N(C(=O)C(CCC(N)=O)NC(=O)OC(C)(C)C)C(C(=O)NCc1ccccc1)c1ccc(O)cc1. The predicted molar refractivity (Wildman–Crippen MR) is 145 cm³/mol. The minimum Gasteiger partial charge on any atom is -0.508 e. The van der Waals surface area contributed by atoms with Gasteiger partial charge in [-0.1, -0.05) is 49.4 Å². The van der Waals surface area contributed by atoms with Gasteiger partial charge in [-0.05, 0) is 62.8 Å². The second-order valence-electron chi connectivity index (χ2n) is 10.9. The van der Waals surface area contributed by atoms with E-state index in [0.717, 1.165) is 5.56 Å². The molecule has 0 bridgehead atoms. The summed E-state index contributed by atoms with van der Waals surface area (Å²) in [6, 6.07) is 13.0. The van der Waals surface area contributed by atoms with Crippen molar-refractivity contribution in [2.75, 3.05) is 0 Å². The van der Waals surface area contributed by atoms with Crippen LogP contribution >= 0.6 is 0 Å². The molecule has 2 aromatic carbocycles. The first-order valence-electron chi connectivity index (χ1n) is 13.1. The normalized spacial score (nSPS) is 17.8. The van der Waals surface area contributed by atoms with Crippen LogP contribution in [-0.4, -0.2) is 51.5 Å². The molecule has 4 amide bonds. The summed E-state index contributed by atoms with van der Waals surface area (Å²) in [5.41, 5.74) is 5.93. The molecular weight excluding hydrogens is 500 g/mol. The van der Waals surface area contributed by atoms with Gasteiger partial charge in [-0.3, -0.25) is 14.4 Å². The van der Waals surface area contributed by atoms with E-state index in [2.05, 4.69) is 10.6 Å². The Labute approximate surface area is 228 Å². The van der Waals surface area contributed by atoms with Crippen molar-refractivity contribution in [1.29, 1.82) is 0 Å². The number of phenolic OH excluding ortho intramolecular Hbond substituents is 1. The van der Waals surface area contributed by atoms with Crippen LogP contribution in [-0.2, 0) is 25.7 Å². The van der Waals surface area contributed by atoms with Gasteiger partial charge in [0.25, 0.3) is 0 Å². The van der Waals surface area contributed by atoms with E-state index in [-0.39, 0.29) is 37.1 Å². The first kappa shape index (κ1) is 29.5. The van der Waals surface area contributed by atoms with Crippen LogP contribution in [0.4, 0.5) is 4.79 Å². The number of rotatable bonds is 11. The molecule has 0 heterocycles. The first-order chi connectivity index (χ1) is 18.4. The molecule has 0 aliphatic heterocycles. The number of aromatic hydroxyl groups is 1. The highest BCUT2D eigenvalue weighted by Crippen LogP contribution is 2.41. The highest BCUT2D eigenvalue weighted by molar-refractivity contribution is 5.93. The van der Waals surface area contributed by atoms with Gasteiger partial charge in [0.05, 0.1) is 0 Å². The maximum absolute atomic E-state index is 14.1. The highest BCUT2D eigenvalue weighted by atomic mass is 16.6. The number of hydrogen-bond acceptors (Lipinski definition) is 6. The molecule has 1 saturated carbocycles. The standard InChI is InChI=1S/C29H38N4O6/c1-18-16-23(18)33(27(37)22(14-15-24(30)35)32-28(38)39-29(2,3)4)25(20-10-12-21(34)13-11-20)26(36)31-17-19-8-6-5-7-9-19/h5-13,18,22-23,25,34H,14-17H2,1-4H3,(H2,30,35)(H,31,36)(H,32,38). The average molecular weight is 539 g/mol. The molecule has 4 unspecified atom stereocenters. The Morgan fingerprint density at radius 2 is 1.69 bits per heavy atom. The molecule has 1 aliphatic carbocycles. The van der Waals surface area contributed by atoms with Crippen LogP contribution in [0.5, 0.6) is 5.75 Å². The number of primary amides is 1. The molecule has 5 N–H and O–H groups in total. The summed E-state index contributed by atoms with van der Waals surface area (Å²) < 4.78 is 5.35. The number of carbonyl (C=O) groups is 4. The molecule has 2 aromatic rings. The third-order valence-electron chi connectivity index (χ3n) is 6.39. The van der Waals surface area contributed by atoms with Crippen molar-refractivity contribution in [3.05, 3.63) is 65.7 Å². The second kappa shape index (κ2) is 12.6. The van der Waals surface area contributed by atoms with E-state index < -0.39 is 41.5 Å². The minimum absolute atomic E-state index is 0.0192. The zero-order valence-electron chi connectivity index (χ0n) is 22.8. The lowest BCUT2D eigenvalue weighted by atomic mass is 10.0. The smallest absolute Gasteiger partial charge is 0.408 e. The Bertz CT molecular complexity index is 1160. The zero-order chi connectivity index (χ0) is 28.7. The van der Waals surface area contributed by atoms with Crippen LogP contribution in [0.3, 0.4) is 0 Å². The van der Waals surface area contributed by atoms with Gasteiger partial charge >= 0.3 is 6.09 Å². The van der Waals surface area contributed by atoms with Crippen LogP contribution in [0.2, 0.25) is 0 Å². The number of carbonyl (C=O) groups excluding carboxylic acids is 4. The number of nitrogens with two attached hydrogens (primary N) is 1. The molecule has 0 aromatic heterocycles. The van der Waals surface area contributed by atoms with Crippen molar-refractivity contribution >= 4 is 23.8 Å². The summed E-state index contributed by atoms with van der Waals surface area (Å²) in [6.45, 7) is 7.31. The van der Waals surface area contributed by atoms with Gasteiger partial charge < -0.3 is 31.1 Å². The number of ether oxygens (including phenoxy) is 1. The molecule has 3 rings (SSSR count). The van der Waals surface area contributed by atoms with Gasteiger partial charge in [-0.2, -0.15) is 0 Å². The number of amides is 4. The molecule has 4 atom stereocenters. The molecule has 10 heteroatoms. The number of phenols is 1. The van der Waals surface area contributed by atoms with E-state index in [1.807, 2.05) is 37.3 Å². The molecule has 0 spiro atoms. The van der Waals surface area contributed by atoms with Gasteiger partial charge in [0.15, 0.2) is 0 Å². The van der Waals surface area contributed by atoms with Crippen molar-refractivity contribution < 1.29 is 29.0 Å². The fraction of sp³-hybridized carbons (Fsp3) is 0.448. The molecule has 0 saturated heterocycles. The molecule has 210 valence electrons. The van der Waals surface area contributed by atoms with Crippen LogP contribution in [0.25, 0.3) is 0 Å². The van der Waals surface area contributed by atoms with Crippen LogP contribution in [0.1, 0.15) is 64.1 Å². The molecule has 10 nitrogen and oxygen atoms in total. The summed E-state index contributed by atoms with van der Waals surface area (Å²) in [4.78, 5) is 53.6. The van der Waals surface area contributed by atoms with Crippen LogP contribution in [0.15, 0.2) is 54.6 Å². The summed E-state index contributed by atoms with van der Waals surface area (Å²) in [7, 11) is 0. The van der Waals surface area contributed by atoms with E-state index in [9.17, 15) is 24.3 Å². The molecule has 0 radical (unpaired) electrons. The number of nitrogens with zero attached hydrogens (tertiary/aromatic N) is 1.